The summed E-state index contributed by atoms with van der Waals surface area (Å²) in [7, 11) is 0. The molecule has 2 aromatic carbocycles. The fourth-order valence-corrected chi connectivity index (χ4v) is 2.90. The molecule has 1 aromatic heterocycles. The number of rotatable bonds is 3. The first-order chi connectivity index (χ1) is 10.1. The van der Waals surface area contributed by atoms with Crippen molar-refractivity contribution in [1.29, 1.82) is 0 Å². The molecule has 0 aliphatic heterocycles. The van der Waals surface area contributed by atoms with E-state index < -0.39 is 0 Å². The molecule has 0 aliphatic carbocycles. The summed E-state index contributed by atoms with van der Waals surface area (Å²) in [5.74, 6) is -0.221. The molecule has 0 spiro atoms. The quantitative estimate of drug-likeness (QED) is 0.616. The summed E-state index contributed by atoms with van der Waals surface area (Å²) in [4.78, 5) is 4.42. The van der Waals surface area contributed by atoms with E-state index >= 15 is 0 Å². The van der Waals surface area contributed by atoms with Crippen LogP contribution in [0.25, 0.3) is 10.9 Å². The molecule has 0 saturated carbocycles. The third-order valence-corrected chi connectivity index (χ3v) is 4.08. The van der Waals surface area contributed by atoms with Crippen LogP contribution in [0.15, 0.2) is 57.6 Å². The molecule has 0 fully saturated rings. The number of hydrogen-bond acceptors (Lipinski definition) is 2. The maximum Gasteiger partial charge on any atom is 0.128 e. The fraction of sp³-hybridized carbons (Fsp3) is 0.0625. The predicted octanol–water partition coefficient (Wildman–Crippen LogP) is 5.51. The molecule has 0 bridgehead atoms. The zero-order valence-corrected chi connectivity index (χ0v) is 14.1. The van der Waals surface area contributed by atoms with Gasteiger partial charge in [0.1, 0.15) is 5.82 Å². The lowest BCUT2D eigenvalue weighted by molar-refractivity contribution is 0.612. The van der Waals surface area contributed by atoms with Gasteiger partial charge in [0.25, 0.3) is 0 Å². The van der Waals surface area contributed by atoms with Gasteiger partial charge in [0.15, 0.2) is 0 Å². The van der Waals surface area contributed by atoms with Crippen LogP contribution in [-0.2, 0) is 6.54 Å². The Hall–Kier alpha value is -1.46. The third kappa shape index (κ3) is 3.24. The van der Waals surface area contributed by atoms with Crippen LogP contribution in [0.5, 0.6) is 0 Å². The summed E-state index contributed by atoms with van der Waals surface area (Å²) in [6.45, 7) is 0.405. The summed E-state index contributed by atoms with van der Waals surface area (Å²) in [6.07, 6.45) is 1.76. The summed E-state index contributed by atoms with van der Waals surface area (Å²) < 4.78 is 15.6. The molecular formula is C16H11Br2FN2. The van der Waals surface area contributed by atoms with E-state index in [1.54, 1.807) is 18.3 Å². The Balaban J connectivity index is 1.90. The molecule has 106 valence electrons. The third-order valence-electron chi connectivity index (χ3n) is 3.15. The molecule has 0 atom stereocenters. The van der Waals surface area contributed by atoms with Crippen molar-refractivity contribution in [3.05, 3.63) is 69.0 Å². The molecule has 0 amide bonds. The lowest BCUT2D eigenvalue weighted by atomic mass is 10.1. The first-order valence-electron chi connectivity index (χ1n) is 6.35. The van der Waals surface area contributed by atoms with Crippen LogP contribution in [0.3, 0.4) is 0 Å². The van der Waals surface area contributed by atoms with Crippen molar-refractivity contribution in [3.63, 3.8) is 0 Å². The molecule has 1 N–H and O–H groups in total. The summed E-state index contributed by atoms with van der Waals surface area (Å²) >= 11 is 6.77. The molecule has 0 unspecified atom stereocenters. The van der Waals surface area contributed by atoms with Gasteiger partial charge in [0.05, 0.1) is 11.2 Å². The first-order valence-corrected chi connectivity index (χ1v) is 7.94. The Morgan fingerprint density at radius 3 is 2.76 bits per heavy atom. The van der Waals surface area contributed by atoms with Crippen LogP contribution in [0, 0.1) is 5.82 Å². The second kappa shape index (κ2) is 6.12. The van der Waals surface area contributed by atoms with Gasteiger partial charge >= 0.3 is 0 Å². The Morgan fingerprint density at radius 1 is 1.05 bits per heavy atom. The Labute approximate surface area is 138 Å². The maximum atomic E-state index is 13.8. The second-order valence-corrected chi connectivity index (χ2v) is 6.45. The van der Waals surface area contributed by atoms with E-state index in [-0.39, 0.29) is 5.82 Å². The van der Waals surface area contributed by atoms with Crippen molar-refractivity contribution in [2.45, 2.75) is 6.54 Å². The molecule has 0 saturated heterocycles. The van der Waals surface area contributed by atoms with E-state index in [4.69, 9.17) is 0 Å². The molecule has 0 aliphatic rings. The van der Waals surface area contributed by atoms with Gasteiger partial charge in [0.2, 0.25) is 0 Å². The van der Waals surface area contributed by atoms with Gasteiger partial charge in [-0.15, -0.1) is 0 Å². The fourth-order valence-electron chi connectivity index (χ4n) is 2.15. The lowest BCUT2D eigenvalue weighted by Crippen LogP contribution is -2.02. The van der Waals surface area contributed by atoms with E-state index in [1.165, 1.54) is 6.07 Å². The van der Waals surface area contributed by atoms with Crippen molar-refractivity contribution < 1.29 is 4.39 Å². The zero-order chi connectivity index (χ0) is 14.8. The highest BCUT2D eigenvalue weighted by Gasteiger charge is 2.06. The standard InChI is InChI=1S/C16H11Br2FN2/c17-12-4-5-14(19)11(7-12)8-20-15-3-1-2-10-6-13(18)9-21-16(10)15/h1-7,9,20H,8H2. The number of para-hydroxylation sites is 1. The first kappa shape index (κ1) is 14.5. The molecule has 3 aromatic rings. The van der Waals surface area contributed by atoms with E-state index in [1.807, 2.05) is 24.3 Å². The van der Waals surface area contributed by atoms with Crippen molar-refractivity contribution in [1.82, 2.24) is 4.98 Å². The van der Waals surface area contributed by atoms with Gasteiger partial charge in [-0.05, 0) is 46.3 Å². The van der Waals surface area contributed by atoms with E-state index in [0.717, 1.165) is 25.5 Å². The van der Waals surface area contributed by atoms with Crippen molar-refractivity contribution >= 4 is 48.5 Å². The Morgan fingerprint density at radius 2 is 1.90 bits per heavy atom. The van der Waals surface area contributed by atoms with Crippen LogP contribution in [0.4, 0.5) is 10.1 Å². The van der Waals surface area contributed by atoms with Crippen molar-refractivity contribution in [2.24, 2.45) is 0 Å². The molecule has 3 rings (SSSR count). The molecule has 0 radical (unpaired) electrons. The summed E-state index contributed by atoms with van der Waals surface area (Å²) in [5, 5.41) is 4.28. The number of fused-ring (bicyclic) bond motifs is 1. The van der Waals surface area contributed by atoms with Crippen LogP contribution in [-0.4, -0.2) is 4.98 Å². The van der Waals surface area contributed by atoms with Gasteiger partial charge in [-0.3, -0.25) is 4.98 Å². The molecule has 5 heteroatoms. The highest BCUT2D eigenvalue weighted by Crippen LogP contribution is 2.25. The number of aromatic nitrogens is 1. The van der Waals surface area contributed by atoms with Crippen LogP contribution >= 0.6 is 31.9 Å². The number of nitrogens with zero attached hydrogens (tertiary/aromatic N) is 1. The van der Waals surface area contributed by atoms with Crippen LogP contribution in [0.1, 0.15) is 5.56 Å². The minimum atomic E-state index is -0.221. The van der Waals surface area contributed by atoms with Gasteiger partial charge in [-0.2, -0.15) is 0 Å². The van der Waals surface area contributed by atoms with Gasteiger partial charge in [-0.1, -0.05) is 28.1 Å². The average Bonchev–Trinajstić information content (AvgIpc) is 2.47. The SMILES string of the molecule is Fc1ccc(Br)cc1CNc1cccc2cc(Br)cnc12. The van der Waals surface area contributed by atoms with E-state index in [0.29, 0.717) is 12.1 Å². The van der Waals surface area contributed by atoms with Crippen molar-refractivity contribution in [3.8, 4) is 0 Å². The number of halogens is 3. The minimum Gasteiger partial charge on any atom is -0.379 e. The summed E-state index contributed by atoms with van der Waals surface area (Å²) in [6, 6.07) is 12.8. The predicted molar refractivity (Wildman–Crippen MR) is 90.9 cm³/mol. The number of hydrogen-bond donors (Lipinski definition) is 1. The minimum absolute atomic E-state index is 0.221. The van der Waals surface area contributed by atoms with E-state index in [2.05, 4.69) is 42.2 Å². The highest BCUT2D eigenvalue weighted by atomic mass is 79.9. The molecule has 2 nitrogen and oxygen atoms in total. The number of nitrogens with one attached hydrogen (secondary N) is 1. The Kier molecular flexibility index (Phi) is 4.22. The lowest BCUT2D eigenvalue weighted by Gasteiger charge is -2.10. The van der Waals surface area contributed by atoms with Crippen LogP contribution < -0.4 is 5.32 Å². The smallest absolute Gasteiger partial charge is 0.128 e. The monoisotopic (exact) mass is 408 g/mol. The number of anilines is 1. The zero-order valence-electron chi connectivity index (χ0n) is 10.9. The largest absolute Gasteiger partial charge is 0.379 e. The molecule has 1 heterocycles. The summed E-state index contributed by atoms with van der Waals surface area (Å²) in [5.41, 5.74) is 2.37. The number of benzene rings is 2. The van der Waals surface area contributed by atoms with Gasteiger partial charge < -0.3 is 5.32 Å². The Bertz CT molecular complexity index is 805. The topological polar surface area (TPSA) is 24.9 Å². The molecule has 21 heavy (non-hydrogen) atoms. The van der Waals surface area contributed by atoms with Crippen LogP contribution in [0.2, 0.25) is 0 Å². The maximum absolute atomic E-state index is 13.8. The number of pyridine rings is 1. The second-order valence-electron chi connectivity index (χ2n) is 4.62. The molecular weight excluding hydrogens is 399 g/mol. The average molecular weight is 410 g/mol. The van der Waals surface area contributed by atoms with Crippen molar-refractivity contribution in [2.75, 3.05) is 5.32 Å². The highest BCUT2D eigenvalue weighted by molar-refractivity contribution is 9.10. The normalized spacial score (nSPS) is 10.8. The van der Waals surface area contributed by atoms with Gasteiger partial charge in [-0.25, -0.2) is 4.39 Å². The van der Waals surface area contributed by atoms with Gasteiger partial charge in [0, 0.05) is 32.6 Å². The van der Waals surface area contributed by atoms with E-state index in [9.17, 15) is 4.39 Å².